The lowest BCUT2D eigenvalue weighted by molar-refractivity contribution is -0.117. The van der Waals surface area contributed by atoms with E-state index in [-0.39, 0.29) is 11.8 Å². The summed E-state index contributed by atoms with van der Waals surface area (Å²) in [5.74, 6) is -0.175. The highest BCUT2D eigenvalue weighted by Crippen LogP contribution is 2.16. The Bertz CT molecular complexity index is 730. The molecule has 26 heavy (non-hydrogen) atoms. The summed E-state index contributed by atoms with van der Waals surface area (Å²) in [5.41, 5.74) is 2.61. The van der Waals surface area contributed by atoms with Crippen molar-refractivity contribution in [1.29, 1.82) is 0 Å². The zero-order chi connectivity index (χ0) is 18.9. The molecule has 0 radical (unpaired) electrons. The number of amides is 2. The molecular weight excluding hydrogens is 346 g/mol. The number of hydrogen-bond donors (Lipinski definition) is 2. The molecule has 0 saturated heterocycles. The number of anilines is 2. The molecule has 0 unspecified atom stereocenters. The van der Waals surface area contributed by atoms with Gasteiger partial charge in [-0.3, -0.25) is 14.5 Å². The first-order valence-corrected chi connectivity index (χ1v) is 9.75. The molecule has 2 aromatic carbocycles. The van der Waals surface area contributed by atoms with Crippen LogP contribution in [0.3, 0.4) is 0 Å². The van der Waals surface area contributed by atoms with Crippen molar-refractivity contribution in [3.05, 3.63) is 54.1 Å². The molecule has 2 N–H and O–H groups in total. The summed E-state index contributed by atoms with van der Waals surface area (Å²) in [6, 6.07) is 15.5. The number of hydrogen-bond acceptors (Lipinski definition) is 4. The highest BCUT2D eigenvalue weighted by Gasteiger charge is 2.10. The maximum absolute atomic E-state index is 12.3. The fourth-order valence-corrected chi connectivity index (χ4v) is 2.92. The van der Waals surface area contributed by atoms with Gasteiger partial charge in [-0.05, 0) is 54.8 Å². The van der Waals surface area contributed by atoms with E-state index in [1.807, 2.05) is 6.92 Å². The first-order chi connectivity index (χ1) is 12.5. The van der Waals surface area contributed by atoms with Crippen molar-refractivity contribution in [3.63, 3.8) is 0 Å². The average Bonchev–Trinajstić information content (AvgIpc) is 2.63. The molecule has 2 aromatic rings. The van der Waals surface area contributed by atoms with Gasteiger partial charge >= 0.3 is 0 Å². The van der Waals surface area contributed by atoms with Crippen LogP contribution in [0.1, 0.15) is 19.4 Å². The zero-order valence-electron chi connectivity index (χ0n) is 15.4. The number of likely N-dealkylation sites (N-methyl/N-ethyl adjacent to an activating group) is 1. The number of carbonyl (C=O) groups excluding carboxylic acids is 2. The zero-order valence-corrected chi connectivity index (χ0v) is 16.2. The second-order valence-corrected chi connectivity index (χ2v) is 6.84. The summed E-state index contributed by atoms with van der Waals surface area (Å²) in [5, 5.41) is 5.60. The monoisotopic (exact) mass is 371 g/mol. The van der Waals surface area contributed by atoms with Crippen molar-refractivity contribution in [2.24, 2.45) is 0 Å². The van der Waals surface area contributed by atoms with Gasteiger partial charge in [0.1, 0.15) is 0 Å². The van der Waals surface area contributed by atoms with Crippen LogP contribution in [0.4, 0.5) is 11.4 Å². The van der Waals surface area contributed by atoms with E-state index in [9.17, 15) is 9.59 Å². The van der Waals surface area contributed by atoms with Crippen LogP contribution in [0, 0.1) is 0 Å². The standard InChI is InChI=1S/C20H25N3O2S/c1-4-23(13-16-5-11-19(26-3)12-6-16)14-20(25)22-18-9-7-17(8-10-18)21-15(2)24/h5-12H,4,13-14H2,1-3H3,(H,21,24)(H,22,25). The molecule has 0 spiro atoms. The third-order valence-electron chi connectivity index (χ3n) is 3.87. The largest absolute Gasteiger partial charge is 0.326 e. The molecule has 0 atom stereocenters. The minimum Gasteiger partial charge on any atom is -0.326 e. The Morgan fingerprint density at radius 3 is 2.04 bits per heavy atom. The lowest BCUT2D eigenvalue weighted by Crippen LogP contribution is -2.32. The SMILES string of the molecule is CCN(CC(=O)Nc1ccc(NC(C)=O)cc1)Cc1ccc(SC)cc1. The van der Waals surface area contributed by atoms with E-state index in [4.69, 9.17) is 0 Å². The minimum atomic E-state index is -0.120. The summed E-state index contributed by atoms with van der Waals surface area (Å²) >= 11 is 1.72. The smallest absolute Gasteiger partial charge is 0.238 e. The normalized spacial score (nSPS) is 10.6. The second kappa shape index (κ2) is 9.99. The number of nitrogens with zero attached hydrogens (tertiary/aromatic N) is 1. The van der Waals surface area contributed by atoms with Gasteiger partial charge in [-0.1, -0.05) is 19.1 Å². The second-order valence-electron chi connectivity index (χ2n) is 5.96. The minimum absolute atomic E-state index is 0.0557. The molecule has 6 heteroatoms. The highest BCUT2D eigenvalue weighted by molar-refractivity contribution is 7.98. The maximum atomic E-state index is 12.3. The van der Waals surface area contributed by atoms with Gasteiger partial charge in [-0.2, -0.15) is 0 Å². The van der Waals surface area contributed by atoms with Crippen LogP contribution >= 0.6 is 11.8 Å². The lowest BCUT2D eigenvalue weighted by atomic mass is 10.2. The van der Waals surface area contributed by atoms with Gasteiger partial charge in [-0.15, -0.1) is 11.8 Å². The molecule has 0 aromatic heterocycles. The molecule has 0 aliphatic carbocycles. The van der Waals surface area contributed by atoms with E-state index < -0.39 is 0 Å². The van der Waals surface area contributed by atoms with Gasteiger partial charge < -0.3 is 10.6 Å². The van der Waals surface area contributed by atoms with Gasteiger partial charge in [-0.25, -0.2) is 0 Å². The quantitative estimate of drug-likeness (QED) is 0.693. The van der Waals surface area contributed by atoms with Gasteiger partial charge in [0.05, 0.1) is 6.54 Å². The number of carbonyl (C=O) groups is 2. The summed E-state index contributed by atoms with van der Waals surface area (Å²) in [6.07, 6.45) is 2.06. The van der Waals surface area contributed by atoms with Crippen LogP contribution in [0.15, 0.2) is 53.4 Å². The van der Waals surface area contributed by atoms with Crippen molar-refractivity contribution in [1.82, 2.24) is 4.90 Å². The highest BCUT2D eigenvalue weighted by atomic mass is 32.2. The van der Waals surface area contributed by atoms with E-state index in [2.05, 4.69) is 46.1 Å². The van der Waals surface area contributed by atoms with Crippen LogP contribution in [0.25, 0.3) is 0 Å². The van der Waals surface area contributed by atoms with Crippen LogP contribution in [-0.2, 0) is 16.1 Å². The molecule has 2 rings (SSSR count). The van der Waals surface area contributed by atoms with Crippen LogP contribution in [0.5, 0.6) is 0 Å². The first-order valence-electron chi connectivity index (χ1n) is 8.53. The Balaban J connectivity index is 1.88. The van der Waals surface area contributed by atoms with E-state index in [1.54, 1.807) is 36.0 Å². The molecular formula is C20H25N3O2S. The van der Waals surface area contributed by atoms with Gasteiger partial charge in [0.25, 0.3) is 0 Å². The van der Waals surface area contributed by atoms with Crippen LogP contribution < -0.4 is 10.6 Å². The molecule has 2 amide bonds. The predicted molar refractivity (Wildman–Crippen MR) is 109 cm³/mol. The number of rotatable bonds is 8. The Hall–Kier alpha value is -2.31. The van der Waals surface area contributed by atoms with Crippen molar-refractivity contribution < 1.29 is 9.59 Å². The van der Waals surface area contributed by atoms with Crippen LogP contribution in [-0.4, -0.2) is 36.1 Å². The van der Waals surface area contributed by atoms with Crippen molar-refractivity contribution in [2.45, 2.75) is 25.3 Å². The lowest BCUT2D eigenvalue weighted by Gasteiger charge is -2.20. The topological polar surface area (TPSA) is 61.4 Å². The molecule has 0 bridgehead atoms. The van der Waals surface area contributed by atoms with E-state index in [1.165, 1.54) is 17.4 Å². The van der Waals surface area contributed by atoms with E-state index in [0.717, 1.165) is 13.1 Å². The summed E-state index contributed by atoms with van der Waals surface area (Å²) in [6.45, 7) is 5.36. The van der Waals surface area contributed by atoms with Gasteiger partial charge in [0.15, 0.2) is 0 Å². The van der Waals surface area contributed by atoms with Crippen molar-refractivity contribution in [3.8, 4) is 0 Å². The summed E-state index contributed by atoms with van der Waals surface area (Å²) < 4.78 is 0. The molecule has 0 aliphatic heterocycles. The van der Waals surface area contributed by atoms with E-state index >= 15 is 0 Å². The number of thioether (sulfide) groups is 1. The molecule has 5 nitrogen and oxygen atoms in total. The summed E-state index contributed by atoms with van der Waals surface area (Å²) in [7, 11) is 0. The first kappa shape index (κ1) is 20.0. The predicted octanol–water partition coefficient (Wildman–Crippen LogP) is 3.83. The van der Waals surface area contributed by atoms with Crippen LogP contribution in [0.2, 0.25) is 0 Å². The van der Waals surface area contributed by atoms with Gasteiger partial charge in [0, 0.05) is 29.7 Å². The fraction of sp³-hybridized carbons (Fsp3) is 0.300. The fourth-order valence-electron chi connectivity index (χ4n) is 2.51. The number of nitrogens with one attached hydrogen (secondary N) is 2. The Morgan fingerprint density at radius 2 is 1.54 bits per heavy atom. The molecule has 0 heterocycles. The molecule has 0 saturated carbocycles. The molecule has 138 valence electrons. The summed E-state index contributed by atoms with van der Waals surface area (Å²) in [4.78, 5) is 26.7. The van der Waals surface area contributed by atoms with Crippen molar-refractivity contribution >= 4 is 35.0 Å². The Kier molecular flexibility index (Phi) is 7.69. The Morgan fingerprint density at radius 1 is 0.962 bits per heavy atom. The van der Waals surface area contributed by atoms with Gasteiger partial charge in [0.2, 0.25) is 11.8 Å². The number of benzene rings is 2. The van der Waals surface area contributed by atoms with E-state index in [0.29, 0.717) is 17.9 Å². The van der Waals surface area contributed by atoms with Crippen molar-refractivity contribution in [2.75, 3.05) is 30.0 Å². The maximum Gasteiger partial charge on any atom is 0.238 e. The third kappa shape index (κ3) is 6.54. The molecule has 0 aliphatic rings. The Labute approximate surface area is 159 Å². The molecule has 0 fully saturated rings. The average molecular weight is 372 g/mol. The third-order valence-corrected chi connectivity index (χ3v) is 4.61.